The summed E-state index contributed by atoms with van der Waals surface area (Å²) in [4.78, 5) is 96.7. The Morgan fingerprint density at radius 2 is 0.739 bits per heavy atom. The van der Waals surface area contributed by atoms with E-state index in [1.807, 2.05) is 13.8 Å². The number of aliphatic hydroxyl groups excluding tert-OH is 16. The standard InChI is InChI=1S/2C23H35NO8.C22H33NO9.C17H24O4.C6H13NO5.CH2O3.Na/c2*1-10-4-5-23-11(2)18(24-14-16(27)15(26)13(9-25)30-19(14)28)29-12-8-21(3)6-7-22(10,17(12)23)20(23)31-32-21;1-9-4-5-22-10(2)16(27)23(12-14(26)13(25)11(8-24)29-18(12)28)17-15(22)21(9)7-6-20(3,30-17)32-31-19(21)22;1-9-4-5-17-10(2)13(18)19-11-8-15(3)6-7-16(9,12(11)17)14(17)20-21-15;7-3-5(10)4(9)2(1-8)12-6(3)11;2-1-4-3;/h2*10-17,19-20,25-28H,4-9H2,1-3H3;9-15,17-19,24-26,28H,4-8H2,1-3H3;9-12,14H,4-8H2,1-3H3;2-6,8-11H,1,7H2;1,3H;/q;;;;;;+1/p-1/t2*10-,11+,12-,13+,14?,15+,16+,17?,19-,20?,21+,22?,23?;9-,10+,11+,12?,13+,14+,15?,17?,18-,19?,20+,21?,22?;9-,10+,11-,12?,14?,15+,16?,17?;2-,3-,4-,5-,6+;;/m11110../s1. The van der Waals surface area contributed by atoms with Gasteiger partial charge in [-0.15, -0.1) is 0 Å². The summed E-state index contributed by atoms with van der Waals surface area (Å²) in [7, 11) is 0. The monoisotopic (exact) mass is 1920 g/mol. The first kappa shape index (κ1) is 101. The molecule has 28 fully saturated rings. The van der Waals surface area contributed by atoms with Crippen molar-refractivity contribution in [2.75, 3.05) is 26.4 Å². The van der Waals surface area contributed by atoms with Crippen molar-refractivity contribution in [2.45, 2.75) is 399 Å². The number of esters is 1. The number of aliphatic hydroxyl groups is 16. The SMILES string of the molecule is C[C@@H]1CCC23C4OO[C@@]5(C)CCC41C2C(O5)N(C1[C@H](O)O[C@@H](CO)[C@H](O)[C@H]1O)C(=O)[C@@H]3C.C[C@@H]1CCC23C4OO[C@@]5(C)CCC41C2[C@@H](C5)OC(=NC1[C@H](O)O[C@@H](CO)[C@H](O)[C@H]1O)[C@@H]3C.C[C@@H]1CCC23C4OO[C@@]5(C)CCC41C2[C@@H](C5)OC(=NC1[C@H](O)O[C@@H](CO)[C@H](O)[C@H]1O)[C@@H]3C.C[C@@H]1CCC23C4OO[C@@]5(C)CCC41C2[C@@H](C5)OC(=O)[C@@H]3C.N[C@H]1[C@H](O)[C@@H](O)[C@H](CO)O[C@H]1O.O=CO[O-].[Na+]. The number of nitrogens with zero attached hydrogens (tertiary/aromatic N) is 3. The van der Waals surface area contributed by atoms with Crippen molar-refractivity contribution >= 4 is 30.1 Å². The molecule has 12 bridgehead atoms. The maximum absolute atomic E-state index is 13.9. The molecule has 13 heterocycles. The van der Waals surface area contributed by atoms with Gasteiger partial charge >= 0.3 is 35.5 Å². The molecule has 18 N–H and O–H groups in total. The van der Waals surface area contributed by atoms with Gasteiger partial charge < -0.3 is 140 Å². The van der Waals surface area contributed by atoms with Crippen molar-refractivity contribution in [1.29, 1.82) is 0 Å². The zero-order valence-corrected chi connectivity index (χ0v) is 80.6. The van der Waals surface area contributed by atoms with Gasteiger partial charge in [0.1, 0.15) is 157 Å². The zero-order valence-electron chi connectivity index (χ0n) is 78.6. The summed E-state index contributed by atoms with van der Waals surface area (Å²) in [5.74, 6) is 2.10. The number of amides is 1. The van der Waals surface area contributed by atoms with E-state index in [1.165, 1.54) is 11.3 Å². The summed E-state index contributed by atoms with van der Waals surface area (Å²) < 4.78 is 46.3. The van der Waals surface area contributed by atoms with E-state index in [-0.39, 0.29) is 158 Å². The number of hydrogen-bond donors (Lipinski definition) is 17. The molecule has 752 valence electrons. The van der Waals surface area contributed by atoms with Crippen LogP contribution in [0.4, 0.5) is 0 Å². The third-order valence-electron chi connectivity index (χ3n) is 40.0. The second kappa shape index (κ2) is 35.5. The second-order valence-electron chi connectivity index (χ2n) is 45.4. The smallest absolute Gasteiger partial charge is 0.662 e. The molecule has 0 aromatic heterocycles. The average Bonchev–Trinajstić information content (AvgIpc) is 1.23. The number of ether oxygens (including phenoxy) is 8. The molecule has 13 saturated heterocycles. The second-order valence-corrected chi connectivity index (χ2v) is 45.4. The molecule has 41 nitrogen and oxygen atoms in total. The average molecular weight is 1920 g/mol. The largest absolute Gasteiger partial charge is 1.00 e. The Balaban J connectivity index is 0.000000114. The Morgan fingerprint density at radius 1 is 0.410 bits per heavy atom. The summed E-state index contributed by atoms with van der Waals surface area (Å²) >= 11 is 0. The molecule has 28 rings (SSSR count). The molecule has 1 amide bonds. The van der Waals surface area contributed by atoms with E-state index < -0.39 is 184 Å². The van der Waals surface area contributed by atoms with Crippen LogP contribution in [0.2, 0.25) is 0 Å². The van der Waals surface area contributed by atoms with Crippen LogP contribution in [0.25, 0.3) is 0 Å². The Bertz CT molecular complexity index is 4270. The van der Waals surface area contributed by atoms with E-state index in [2.05, 4.69) is 77.2 Å². The number of carbonyl (C=O) groups excluding carboxylic acids is 3. The van der Waals surface area contributed by atoms with Gasteiger partial charge in [-0.1, -0.05) is 55.4 Å². The summed E-state index contributed by atoms with van der Waals surface area (Å²) in [5, 5.41) is 168. The predicted molar refractivity (Wildman–Crippen MR) is 445 cm³/mol. The molecule has 0 aromatic carbocycles. The van der Waals surface area contributed by atoms with Gasteiger partial charge in [0.05, 0.1) is 38.4 Å². The van der Waals surface area contributed by atoms with Crippen LogP contribution in [0.3, 0.4) is 0 Å². The minimum atomic E-state index is -1.59. The van der Waals surface area contributed by atoms with Crippen LogP contribution in [0.1, 0.15) is 205 Å². The van der Waals surface area contributed by atoms with Crippen LogP contribution in [-0.4, -0.2) is 337 Å². The van der Waals surface area contributed by atoms with Gasteiger partial charge in [0.15, 0.2) is 37.0 Å². The van der Waals surface area contributed by atoms with Gasteiger partial charge in [0.2, 0.25) is 11.7 Å². The fourth-order valence-corrected chi connectivity index (χ4v) is 33.1. The fourth-order valence-electron chi connectivity index (χ4n) is 33.1. The predicted octanol–water partition coefficient (Wildman–Crippen LogP) is -4.43. The molecule has 13 aliphatic heterocycles. The van der Waals surface area contributed by atoms with E-state index in [1.54, 1.807) is 6.92 Å². The van der Waals surface area contributed by atoms with Gasteiger partial charge in [0.25, 0.3) is 6.47 Å². The van der Waals surface area contributed by atoms with Crippen LogP contribution in [-0.2, 0) is 96.3 Å². The van der Waals surface area contributed by atoms with Crippen LogP contribution in [0.15, 0.2) is 9.98 Å². The van der Waals surface area contributed by atoms with Crippen molar-refractivity contribution in [3.8, 4) is 0 Å². The topological polar surface area (TPSA) is 609 Å². The van der Waals surface area contributed by atoms with Crippen molar-refractivity contribution in [2.24, 2.45) is 130 Å². The molecular formula is C92H141N4NaO37. The Hall–Kier alpha value is -2.89. The number of likely N-dealkylation sites (tertiary alicyclic amines) is 1. The zero-order chi connectivity index (χ0) is 95.4. The molecule has 15 saturated carbocycles. The van der Waals surface area contributed by atoms with Crippen molar-refractivity contribution in [3.63, 3.8) is 0 Å². The molecule has 20 unspecified atom stereocenters. The van der Waals surface area contributed by atoms with Gasteiger partial charge in [-0.3, -0.25) is 14.4 Å². The molecule has 8 spiro atoms. The maximum atomic E-state index is 13.9. The molecule has 42 heteroatoms. The van der Waals surface area contributed by atoms with E-state index in [0.717, 1.165) is 96.3 Å². The van der Waals surface area contributed by atoms with Crippen LogP contribution < -0.4 is 40.5 Å². The van der Waals surface area contributed by atoms with Crippen LogP contribution in [0.5, 0.6) is 0 Å². The molecule has 52 atom stereocenters. The van der Waals surface area contributed by atoms with Crippen LogP contribution >= 0.6 is 0 Å². The summed E-state index contributed by atoms with van der Waals surface area (Å²) in [6, 6.07) is -4.47. The normalized spacial score (nSPS) is 58.8. The maximum Gasteiger partial charge on any atom is 1.00 e. The number of piperidine rings is 1. The minimum Gasteiger partial charge on any atom is -0.662 e. The first-order valence-electron chi connectivity index (χ1n) is 48.7. The Kier molecular flexibility index (Phi) is 26.8. The number of fused-ring (bicyclic) bond motifs is 16. The Morgan fingerprint density at radius 3 is 1.13 bits per heavy atom. The third kappa shape index (κ3) is 13.9. The molecule has 0 radical (unpaired) electrons. The fraction of sp³-hybridized carbons (Fsp3) is 0.946. The first-order chi connectivity index (χ1) is 62.9. The third-order valence-corrected chi connectivity index (χ3v) is 40.0. The number of hydrogen-bond acceptors (Lipinski definition) is 40. The number of rotatable bonds is 8. The molecule has 15 aliphatic carbocycles. The van der Waals surface area contributed by atoms with E-state index >= 15 is 0 Å². The van der Waals surface area contributed by atoms with Gasteiger partial charge in [-0.2, -0.15) is 0 Å². The molecular weight excluding hydrogens is 1780 g/mol. The summed E-state index contributed by atoms with van der Waals surface area (Å²) in [6.07, 6.45) is -3.91. The summed E-state index contributed by atoms with van der Waals surface area (Å²) in [6.45, 7) is 23.2. The van der Waals surface area contributed by atoms with E-state index in [9.17, 15) is 81.1 Å². The molecule has 0 aromatic rings. The molecule has 134 heavy (non-hydrogen) atoms. The minimum absolute atomic E-state index is 0. The van der Waals surface area contributed by atoms with Gasteiger partial charge in [-0.05, 0) is 148 Å². The number of carbonyl (C=O) groups is 3. The Labute approximate surface area is 799 Å². The van der Waals surface area contributed by atoms with Crippen LogP contribution in [0, 0.1) is 114 Å². The number of aliphatic imine (C=N–C) groups is 2. The number of nitrogens with two attached hydrogens (primary N) is 1. The van der Waals surface area contributed by atoms with Crippen molar-refractivity contribution < 1.29 is 213 Å². The molecule has 28 aliphatic rings. The summed E-state index contributed by atoms with van der Waals surface area (Å²) in [5.41, 5.74) is 3.39. The van der Waals surface area contributed by atoms with E-state index in [0.29, 0.717) is 72.5 Å². The quantitative estimate of drug-likeness (QED) is 0.0358. The van der Waals surface area contributed by atoms with E-state index in [4.69, 9.17) is 103 Å². The van der Waals surface area contributed by atoms with Gasteiger partial charge in [-0.25, -0.2) is 49.1 Å². The van der Waals surface area contributed by atoms with Crippen molar-refractivity contribution in [1.82, 2.24) is 4.90 Å². The van der Waals surface area contributed by atoms with Gasteiger partial charge in [0, 0.05) is 110 Å². The first-order valence-corrected chi connectivity index (χ1v) is 48.7. The van der Waals surface area contributed by atoms with Crippen molar-refractivity contribution in [3.05, 3.63) is 0 Å².